The fourth-order valence-electron chi connectivity index (χ4n) is 3.91. The summed E-state index contributed by atoms with van der Waals surface area (Å²) in [6.07, 6.45) is 10.1. The van der Waals surface area contributed by atoms with Gasteiger partial charge in [-0.1, -0.05) is 0 Å². The van der Waals surface area contributed by atoms with E-state index >= 15 is 0 Å². The van der Waals surface area contributed by atoms with Crippen LogP contribution in [0.5, 0.6) is 0 Å². The van der Waals surface area contributed by atoms with Crippen molar-refractivity contribution in [3.05, 3.63) is 68.6 Å². The summed E-state index contributed by atoms with van der Waals surface area (Å²) in [6, 6.07) is 0. The van der Waals surface area contributed by atoms with Gasteiger partial charge >= 0.3 is 29.6 Å². The van der Waals surface area contributed by atoms with E-state index in [9.17, 15) is 14.4 Å². The van der Waals surface area contributed by atoms with Gasteiger partial charge in [-0.25, -0.2) is 0 Å². The fraction of sp³-hybridized carbons (Fsp3) is 0.571. The molecule has 0 fully saturated rings. The Kier molecular flexibility index (Phi) is 6.97. The molecular formula is C21H34BN6NaO3. The van der Waals surface area contributed by atoms with Crippen molar-refractivity contribution in [2.45, 2.75) is 78.9 Å². The van der Waals surface area contributed by atoms with Crippen LogP contribution < -0.4 is 46.6 Å². The van der Waals surface area contributed by atoms with Crippen LogP contribution in [-0.2, 0) is 16.6 Å². The van der Waals surface area contributed by atoms with Gasteiger partial charge in [-0.15, -0.1) is 0 Å². The molecule has 0 radical (unpaired) electrons. The number of imidazole rings is 3. The minimum Gasteiger partial charge on any atom is -0.437 e. The molecule has 32 heavy (non-hydrogen) atoms. The van der Waals surface area contributed by atoms with E-state index in [0.29, 0.717) is 0 Å². The average molecular weight is 452 g/mol. The van der Waals surface area contributed by atoms with Crippen LogP contribution in [0.2, 0.25) is 0 Å². The minimum absolute atomic E-state index is 0. The Balaban J connectivity index is 0.00000363. The van der Waals surface area contributed by atoms with E-state index in [1.165, 1.54) is 13.4 Å². The first-order valence-corrected chi connectivity index (χ1v) is 10.6. The van der Waals surface area contributed by atoms with Crippen LogP contribution >= 0.6 is 0 Å². The molecule has 0 N–H and O–H groups in total. The smallest absolute Gasteiger partial charge is 0.437 e. The van der Waals surface area contributed by atoms with Crippen molar-refractivity contribution in [3.63, 3.8) is 0 Å². The van der Waals surface area contributed by atoms with Crippen molar-refractivity contribution in [2.24, 2.45) is 0 Å². The molecular weight excluding hydrogens is 418 g/mol. The molecule has 0 amide bonds. The Morgan fingerprint density at radius 3 is 0.875 bits per heavy atom. The van der Waals surface area contributed by atoms with Gasteiger partial charge in [0.15, 0.2) is 0 Å². The Morgan fingerprint density at radius 2 is 0.719 bits per heavy atom. The summed E-state index contributed by atoms with van der Waals surface area (Å²) in [6.45, 7) is 17.4. The van der Waals surface area contributed by atoms with Crippen LogP contribution in [0.1, 0.15) is 62.3 Å². The van der Waals surface area contributed by atoms with Crippen molar-refractivity contribution >= 4 is 7.12 Å². The number of hydrogen-bond donors (Lipinski definition) is 0. The molecule has 0 saturated heterocycles. The van der Waals surface area contributed by atoms with E-state index in [-0.39, 0.29) is 46.6 Å². The second-order valence-electron chi connectivity index (χ2n) is 11.2. The molecule has 3 heterocycles. The van der Waals surface area contributed by atoms with Gasteiger partial charge in [0.25, 0.3) is 24.2 Å². The normalized spacial score (nSPS) is 12.9. The summed E-state index contributed by atoms with van der Waals surface area (Å²) < 4.78 is 9.37. The molecule has 0 atom stereocenters. The molecule has 0 aliphatic carbocycles. The van der Waals surface area contributed by atoms with Gasteiger partial charge in [0.05, 0.1) is 0 Å². The summed E-state index contributed by atoms with van der Waals surface area (Å²) in [5.74, 6) is 0. The molecule has 0 aliphatic rings. The molecule has 3 aromatic rings. The zero-order valence-electron chi connectivity index (χ0n) is 21.1. The average Bonchev–Trinajstić information content (AvgIpc) is 3.26. The van der Waals surface area contributed by atoms with Crippen LogP contribution in [0.4, 0.5) is 0 Å². The molecule has 3 aromatic heterocycles. The van der Waals surface area contributed by atoms with Crippen molar-refractivity contribution in [3.8, 4) is 0 Å². The number of nitrogens with zero attached hydrogens (tertiary/aromatic N) is 6. The third-order valence-corrected chi connectivity index (χ3v) is 5.62. The van der Waals surface area contributed by atoms with Crippen molar-refractivity contribution in [1.29, 1.82) is 0 Å². The van der Waals surface area contributed by atoms with Crippen LogP contribution in [0.15, 0.2) is 51.6 Å². The molecule has 0 saturated carbocycles. The maximum absolute atomic E-state index is 13.3. The first kappa shape index (κ1) is 26.3. The molecule has 3 rings (SSSR count). The van der Waals surface area contributed by atoms with Crippen LogP contribution in [0.25, 0.3) is 0 Å². The second kappa shape index (κ2) is 8.46. The molecule has 0 aromatic carbocycles. The first-order valence-electron chi connectivity index (χ1n) is 10.6. The van der Waals surface area contributed by atoms with E-state index in [2.05, 4.69) is 0 Å². The van der Waals surface area contributed by atoms with Gasteiger partial charge in [-0.05, 0) is 80.9 Å². The molecule has 0 spiro atoms. The zero-order chi connectivity index (χ0) is 23.5. The van der Waals surface area contributed by atoms with E-state index in [0.717, 1.165) is 0 Å². The molecule has 0 unspecified atom stereocenters. The van der Waals surface area contributed by atoms with E-state index in [4.69, 9.17) is 0 Å². The summed E-state index contributed by atoms with van der Waals surface area (Å²) in [5, 5.41) is 0. The Labute approximate surface area is 210 Å². The van der Waals surface area contributed by atoms with Crippen LogP contribution in [-0.4, -0.2) is 34.3 Å². The van der Waals surface area contributed by atoms with Crippen LogP contribution in [0, 0.1) is 0 Å². The molecule has 9 nitrogen and oxygen atoms in total. The van der Waals surface area contributed by atoms with Crippen molar-refractivity contribution in [2.75, 3.05) is 0 Å². The number of hydrogen-bond acceptors (Lipinski definition) is 3. The number of rotatable bonds is 3. The topological polar surface area (TPSA) is 80.8 Å². The quantitative estimate of drug-likeness (QED) is 0.454. The summed E-state index contributed by atoms with van der Waals surface area (Å²) in [7, 11) is -2.09. The maximum Gasteiger partial charge on any atom is 1.00 e. The summed E-state index contributed by atoms with van der Waals surface area (Å²) >= 11 is 0. The third kappa shape index (κ3) is 4.58. The zero-order valence-corrected chi connectivity index (χ0v) is 23.1. The maximum atomic E-state index is 13.3. The van der Waals surface area contributed by atoms with Gasteiger partial charge in [0.1, 0.15) is 0 Å². The molecule has 0 aliphatic heterocycles. The van der Waals surface area contributed by atoms with E-state index < -0.39 is 23.7 Å². The van der Waals surface area contributed by atoms with Crippen LogP contribution in [0.3, 0.4) is 0 Å². The van der Waals surface area contributed by atoms with Gasteiger partial charge in [-0.2, -0.15) is 0 Å². The van der Waals surface area contributed by atoms with Gasteiger partial charge in [-0.3, -0.25) is 28.1 Å². The van der Waals surface area contributed by atoms with Gasteiger partial charge in [0.2, 0.25) is 0 Å². The molecule has 11 heteroatoms. The molecule has 170 valence electrons. The monoisotopic (exact) mass is 452 g/mol. The Bertz CT molecular complexity index is 1110. The van der Waals surface area contributed by atoms with Crippen molar-refractivity contribution in [1.82, 2.24) is 27.1 Å². The largest absolute Gasteiger partial charge is 1.00 e. The van der Waals surface area contributed by atoms with Crippen molar-refractivity contribution < 1.29 is 29.6 Å². The number of aromatic nitrogens is 6. The standard InChI is InChI=1S/C21H34BN6O3.Na/c1-19(2,3)23-10-13-26(16(23)29)22(27-14-11-24(17(27)30)20(4,5)6)28-15-12-25(18(28)31)21(7,8)9;/h10-15,22H,1-9H3;/q-1;+1. The second-order valence-corrected chi connectivity index (χ2v) is 11.2. The predicted molar refractivity (Wildman–Crippen MR) is 124 cm³/mol. The molecule has 0 bridgehead atoms. The summed E-state index contributed by atoms with van der Waals surface area (Å²) in [5.41, 5.74) is -2.10. The van der Waals surface area contributed by atoms with E-state index in [1.807, 2.05) is 62.3 Å². The van der Waals surface area contributed by atoms with Gasteiger partial charge in [0, 0.05) is 35.2 Å². The first-order chi connectivity index (χ1) is 14.0. The van der Waals surface area contributed by atoms with E-state index in [1.54, 1.807) is 50.9 Å². The Morgan fingerprint density at radius 1 is 0.500 bits per heavy atom. The Hall–Kier alpha value is -1.91. The third-order valence-electron chi connectivity index (χ3n) is 5.62. The SMILES string of the molecule is CC(C)(C)n1ccn([BH-](n2ccn(C(C)(C)C)c2=O)n2ccn(C(C)(C)C)c2=O)c1=O.[Na+]. The predicted octanol–water partition coefficient (Wildman–Crippen LogP) is -1.49. The fourth-order valence-corrected chi connectivity index (χ4v) is 3.91. The minimum atomic E-state index is -2.09. The van der Waals surface area contributed by atoms with Gasteiger partial charge < -0.3 is 13.4 Å². The summed E-state index contributed by atoms with van der Waals surface area (Å²) in [4.78, 5) is 40.0.